The lowest BCUT2D eigenvalue weighted by molar-refractivity contribution is 0.0927. The molecule has 2 aliphatic rings. The lowest BCUT2D eigenvalue weighted by Crippen LogP contribution is -2.50. The summed E-state index contributed by atoms with van der Waals surface area (Å²) in [7, 11) is 0. The highest BCUT2D eigenvalue weighted by Gasteiger charge is 2.22. The maximum atomic E-state index is 12.6. The molecule has 1 aliphatic heterocycles. The third kappa shape index (κ3) is 5.09. The second kappa shape index (κ2) is 9.61. The monoisotopic (exact) mass is 407 g/mol. The molecule has 2 heterocycles. The van der Waals surface area contributed by atoms with E-state index in [0.29, 0.717) is 24.3 Å². The van der Waals surface area contributed by atoms with Gasteiger partial charge in [0.2, 0.25) is 0 Å². The molecular formula is C23H29N5O2. The molecule has 1 saturated heterocycles. The van der Waals surface area contributed by atoms with E-state index in [1.54, 1.807) is 30.5 Å². The molecule has 30 heavy (non-hydrogen) atoms. The molecule has 3 amide bonds. The molecule has 2 N–H and O–H groups in total. The highest BCUT2D eigenvalue weighted by molar-refractivity contribution is 5.95. The summed E-state index contributed by atoms with van der Waals surface area (Å²) < 4.78 is 0. The summed E-state index contributed by atoms with van der Waals surface area (Å²) >= 11 is 0. The molecule has 1 aromatic heterocycles. The Morgan fingerprint density at radius 2 is 1.63 bits per heavy atom. The molecule has 4 rings (SSSR count). The first-order valence-electron chi connectivity index (χ1n) is 10.8. The van der Waals surface area contributed by atoms with Crippen molar-refractivity contribution in [1.29, 1.82) is 0 Å². The van der Waals surface area contributed by atoms with Crippen LogP contribution < -0.4 is 15.5 Å². The Bertz CT molecular complexity index is 842. The van der Waals surface area contributed by atoms with Crippen LogP contribution in [0.1, 0.15) is 42.5 Å². The van der Waals surface area contributed by atoms with Crippen molar-refractivity contribution in [3.8, 4) is 0 Å². The number of nitrogens with zero attached hydrogens (tertiary/aromatic N) is 3. The zero-order valence-corrected chi connectivity index (χ0v) is 17.2. The van der Waals surface area contributed by atoms with Crippen LogP contribution in [0, 0.1) is 0 Å². The van der Waals surface area contributed by atoms with Crippen LogP contribution in [0.3, 0.4) is 0 Å². The van der Waals surface area contributed by atoms with Crippen LogP contribution in [0.15, 0.2) is 48.7 Å². The van der Waals surface area contributed by atoms with Gasteiger partial charge in [0.05, 0.1) is 0 Å². The minimum atomic E-state index is -0.116. The number of anilines is 2. The summed E-state index contributed by atoms with van der Waals surface area (Å²) in [6, 6.07) is 13.2. The summed E-state index contributed by atoms with van der Waals surface area (Å²) in [5.41, 5.74) is 1.32. The zero-order chi connectivity index (χ0) is 20.8. The van der Waals surface area contributed by atoms with Crippen LogP contribution in [-0.2, 0) is 0 Å². The summed E-state index contributed by atoms with van der Waals surface area (Å²) in [5.74, 6) is 0.907. The number of piperazine rings is 1. The first kappa shape index (κ1) is 20.2. The predicted molar refractivity (Wildman–Crippen MR) is 118 cm³/mol. The van der Waals surface area contributed by atoms with Gasteiger partial charge < -0.3 is 20.4 Å². The van der Waals surface area contributed by atoms with E-state index in [1.807, 2.05) is 23.1 Å². The number of amides is 3. The second-order valence-electron chi connectivity index (χ2n) is 7.98. The Morgan fingerprint density at radius 3 is 2.30 bits per heavy atom. The van der Waals surface area contributed by atoms with Gasteiger partial charge in [-0.05, 0) is 49.2 Å². The second-order valence-corrected chi connectivity index (χ2v) is 7.98. The number of hydrogen-bond donors (Lipinski definition) is 2. The topological polar surface area (TPSA) is 77.6 Å². The lowest BCUT2D eigenvalue weighted by Gasteiger charge is -2.35. The van der Waals surface area contributed by atoms with E-state index in [9.17, 15) is 9.59 Å². The number of aromatic nitrogens is 1. The average molecular weight is 408 g/mol. The smallest absolute Gasteiger partial charge is 0.321 e. The molecule has 0 atom stereocenters. The van der Waals surface area contributed by atoms with Crippen LogP contribution in [0.2, 0.25) is 0 Å². The van der Waals surface area contributed by atoms with Gasteiger partial charge in [0.1, 0.15) is 5.82 Å². The van der Waals surface area contributed by atoms with Crippen LogP contribution in [0.5, 0.6) is 0 Å². The predicted octanol–water partition coefficient (Wildman–Crippen LogP) is 3.50. The Morgan fingerprint density at radius 1 is 0.900 bits per heavy atom. The quantitative estimate of drug-likeness (QED) is 0.813. The van der Waals surface area contributed by atoms with Crippen molar-refractivity contribution < 1.29 is 9.59 Å². The fourth-order valence-electron chi connectivity index (χ4n) is 4.10. The third-order valence-corrected chi connectivity index (χ3v) is 5.88. The van der Waals surface area contributed by atoms with Gasteiger partial charge >= 0.3 is 6.03 Å². The number of carbonyl (C=O) groups excluding carboxylic acids is 2. The molecule has 2 fully saturated rings. The van der Waals surface area contributed by atoms with Crippen molar-refractivity contribution in [3.63, 3.8) is 0 Å². The number of carbonyl (C=O) groups is 2. The lowest BCUT2D eigenvalue weighted by atomic mass is 9.95. The molecule has 2 aromatic rings. The molecule has 7 nitrogen and oxygen atoms in total. The van der Waals surface area contributed by atoms with Crippen molar-refractivity contribution in [2.75, 3.05) is 36.4 Å². The molecule has 1 aromatic carbocycles. The van der Waals surface area contributed by atoms with Gasteiger partial charge in [0.15, 0.2) is 0 Å². The molecule has 0 unspecified atom stereocenters. The number of nitrogens with one attached hydrogen (secondary N) is 2. The van der Waals surface area contributed by atoms with Gasteiger partial charge in [-0.15, -0.1) is 0 Å². The number of urea groups is 1. The molecule has 1 aliphatic carbocycles. The van der Waals surface area contributed by atoms with Gasteiger partial charge in [0.25, 0.3) is 5.91 Å². The average Bonchev–Trinajstić information content (AvgIpc) is 2.81. The minimum Gasteiger partial charge on any atom is -0.353 e. The van der Waals surface area contributed by atoms with E-state index in [2.05, 4.69) is 20.5 Å². The summed E-state index contributed by atoms with van der Waals surface area (Å²) in [5, 5.41) is 6.06. The Hall–Kier alpha value is -3.09. The van der Waals surface area contributed by atoms with Gasteiger partial charge in [-0.25, -0.2) is 9.78 Å². The summed E-state index contributed by atoms with van der Waals surface area (Å²) in [6.07, 6.45) is 7.55. The Kier molecular flexibility index (Phi) is 6.47. The van der Waals surface area contributed by atoms with Crippen LogP contribution in [-0.4, -0.2) is 54.0 Å². The summed E-state index contributed by atoms with van der Waals surface area (Å²) in [6.45, 7) is 2.80. The third-order valence-electron chi connectivity index (χ3n) is 5.88. The number of hydrogen-bond acceptors (Lipinski definition) is 4. The highest BCUT2D eigenvalue weighted by Crippen LogP contribution is 2.19. The maximum Gasteiger partial charge on any atom is 0.321 e. The van der Waals surface area contributed by atoms with E-state index in [0.717, 1.165) is 31.7 Å². The van der Waals surface area contributed by atoms with Crippen LogP contribution in [0.4, 0.5) is 16.3 Å². The zero-order valence-electron chi connectivity index (χ0n) is 17.2. The number of rotatable bonds is 4. The fourth-order valence-corrected chi connectivity index (χ4v) is 4.10. The number of pyridine rings is 1. The van der Waals surface area contributed by atoms with Crippen molar-refractivity contribution in [3.05, 3.63) is 54.2 Å². The Labute approximate surface area is 177 Å². The fraction of sp³-hybridized carbons (Fsp3) is 0.435. The number of benzene rings is 1. The van der Waals surface area contributed by atoms with Gasteiger partial charge in [-0.3, -0.25) is 4.79 Å². The molecular weight excluding hydrogens is 378 g/mol. The highest BCUT2D eigenvalue weighted by atomic mass is 16.2. The van der Waals surface area contributed by atoms with Crippen molar-refractivity contribution in [1.82, 2.24) is 15.2 Å². The van der Waals surface area contributed by atoms with E-state index in [1.165, 1.54) is 19.3 Å². The molecule has 0 spiro atoms. The van der Waals surface area contributed by atoms with Crippen molar-refractivity contribution >= 4 is 23.4 Å². The van der Waals surface area contributed by atoms with E-state index < -0.39 is 0 Å². The van der Waals surface area contributed by atoms with Gasteiger partial charge in [0, 0.05) is 49.7 Å². The van der Waals surface area contributed by atoms with Gasteiger partial charge in [-0.2, -0.15) is 0 Å². The largest absolute Gasteiger partial charge is 0.353 e. The normalized spacial score (nSPS) is 17.5. The minimum absolute atomic E-state index is 0.0366. The standard InChI is InChI=1S/C23H29N5O2/c29-22(25-19-6-2-1-3-7-19)18-9-11-20(12-10-18)26-23(30)28-16-14-27(15-17-28)21-8-4-5-13-24-21/h4-5,8-13,19H,1-3,6-7,14-17H2,(H,25,29)(H,26,30). The van der Waals surface area contributed by atoms with Crippen molar-refractivity contribution in [2.24, 2.45) is 0 Å². The maximum absolute atomic E-state index is 12.6. The van der Waals surface area contributed by atoms with E-state index in [-0.39, 0.29) is 18.0 Å². The van der Waals surface area contributed by atoms with Gasteiger partial charge in [-0.1, -0.05) is 25.3 Å². The SMILES string of the molecule is O=C(NC1CCCCC1)c1ccc(NC(=O)N2CCN(c3ccccn3)CC2)cc1. The van der Waals surface area contributed by atoms with Crippen LogP contribution in [0.25, 0.3) is 0 Å². The van der Waals surface area contributed by atoms with E-state index in [4.69, 9.17) is 0 Å². The Balaban J connectivity index is 1.26. The van der Waals surface area contributed by atoms with Crippen molar-refractivity contribution in [2.45, 2.75) is 38.1 Å². The molecule has 0 radical (unpaired) electrons. The molecule has 158 valence electrons. The summed E-state index contributed by atoms with van der Waals surface area (Å²) in [4.78, 5) is 33.4. The molecule has 7 heteroatoms. The van der Waals surface area contributed by atoms with E-state index >= 15 is 0 Å². The molecule has 0 bridgehead atoms. The first-order valence-corrected chi connectivity index (χ1v) is 10.8. The molecule has 1 saturated carbocycles. The first-order chi connectivity index (χ1) is 14.7. The van der Waals surface area contributed by atoms with Crippen LogP contribution >= 0.6 is 0 Å².